The topological polar surface area (TPSA) is 55.4 Å². The van der Waals surface area contributed by atoms with Crippen molar-refractivity contribution < 1.29 is 14.3 Å². The molecule has 0 saturated heterocycles. The van der Waals surface area contributed by atoms with E-state index in [9.17, 15) is 9.59 Å². The summed E-state index contributed by atoms with van der Waals surface area (Å²) in [6, 6.07) is 6.57. The van der Waals surface area contributed by atoms with E-state index in [1.807, 2.05) is 0 Å². The summed E-state index contributed by atoms with van der Waals surface area (Å²) in [6.45, 7) is 1.40. The fourth-order valence-electron chi connectivity index (χ4n) is 1.44. The minimum Gasteiger partial charge on any atom is -0.469 e. The van der Waals surface area contributed by atoms with Gasteiger partial charge < -0.3 is 10.1 Å². The van der Waals surface area contributed by atoms with Gasteiger partial charge in [0, 0.05) is 11.9 Å². The fraction of sp³-hybridized carbons (Fsp3) is 0.333. The molecule has 1 aromatic rings. The average molecular weight is 256 g/mol. The molecule has 1 rings (SSSR count). The first-order chi connectivity index (χ1) is 8.02. The van der Waals surface area contributed by atoms with Gasteiger partial charge >= 0.3 is 5.97 Å². The van der Waals surface area contributed by atoms with Gasteiger partial charge in [0.1, 0.15) is 0 Å². The zero-order valence-electron chi connectivity index (χ0n) is 9.70. The largest absolute Gasteiger partial charge is 0.469 e. The van der Waals surface area contributed by atoms with E-state index in [2.05, 4.69) is 10.1 Å². The van der Waals surface area contributed by atoms with Crippen LogP contribution in [0, 0.1) is 0 Å². The number of ether oxygens (including phenoxy) is 1. The lowest BCUT2D eigenvalue weighted by atomic mass is 10.0. The molecule has 0 aliphatic rings. The summed E-state index contributed by atoms with van der Waals surface area (Å²) in [5, 5.41) is 3.30. The van der Waals surface area contributed by atoms with Crippen molar-refractivity contribution in [3.8, 4) is 0 Å². The van der Waals surface area contributed by atoms with Crippen molar-refractivity contribution in [2.24, 2.45) is 0 Å². The lowest BCUT2D eigenvalue weighted by Crippen LogP contribution is -2.28. The van der Waals surface area contributed by atoms with Gasteiger partial charge in [-0.25, -0.2) is 0 Å². The predicted octanol–water partition coefficient (Wildman–Crippen LogP) is 2.08. The Balaban J connectivity index is 2.85. The first kappa shape index (κ1) is 13.5. The van der Waals surface area contributed by atoms with E-state index in [0.29, 0.717) is 5.02 Å². The minimum atomic E-state index is -0.391. The van der Waals surface area contributed by atoms with Crippen LogP contribution in [-0.2, 0) is 14.3 Å². The summed E-state index contributed by atoms with van der Waals surface area (Å²) in [7, 11) is 1.31. The van der Waals surface area contributed by atoms with Crippen molar-refractivity contribution in [2.45, 2.75) is 19.4 Å². The molecule has 1 aromatic carbocycles. The van der Waals surface area contributed by atoms with E-state index in [0.717, 1.165) is 5.56 Å². The summed E-state index contributed by atoms with van der Waals surface area (Å²) in [6.07, 6.45) is 0.0950. The predicted molar refractivity (Wildman–Crippen MR) is 64.6 cm³/mol. The quantitative estimate of drug-likeness (QED) is 0.838. The van der Waals surface area contributed by atoms with Gasteiger partial charge in [0.25, 0.3) is 0 Å². The molecule has 1 amide bonds. The molecule has 4 nitrogen and oxygen atoms in total. The first-order valence-corrected chi connectivity index (χ1v) is 5.50. The first-order valence-electron chi connectivity index (χ1n) is 5.12. The molecule has 0 radical (unpaired) electrons. The van der Waals surface area contributed by atoms with Gasteiger partial charge in [-0.1, -0.05) is 23.7 Å². The van der Waals surface area contributed by atoms with Crippen molar-refractivity contribution in [3.63, 3.8) is 0 Å². The number of rotatable bonds is 4. The van der Waals surface area contributed by atoms with Gasteiger partial charge in [-0.15, -0.1) is 0 Å². The average Bonchev–Trinajstić information content (AvgIpc) is 2.28. The molecule has 0 bridgehead atoms. The highest BCUT2D eigenvalue weighted by molar-refractivity contribution is 6.30. The monoisotopic (exact) mass is 255 g/mol. The second kappa shape index (κ2) is 6.25. The molecular weight excluding hydrogens is 242 g/mol. The zero-order chi connectivity index (χ0) is 12.8. The van der Waals surface area contributed by atoms with Crippen LogP contribution in [0.5, 0.6) is 0 Å². The fourth-order valence-corrected chi connectivity index (χ4v) is 1.57. The maximum atomic E-state index is 11.2. The molecule has 92 valence electrons. The van der Waals surface area contributed by atoms with Crippen molar-refractivity contribution in [3.05, 3.63) is 34.9 Å². The van der Waals surface area contributed by atoms with E-state index < -0.39 is 6.04 Å². The number of carbonyl (C=O) groups is 2. The van der Waals surface area contributed by atoms with Crippen LogP contribution in [0.25, 0.3) is 0 Å². The summed E-state index contributed by atoms with van der Waals surface area (Å²) in [5.74, 6) is -0.576. The normalized spacial score (nSPS) is 11.7. The number of hydrogen-bond acceptors (Lipinski definition) is 3. The molecule has 5 heteroatoms. The van der Waals surface area contributed by atoms with E-state index in [1.54, 1.807) is 24.3 Å². The van der Waals surface area contributed by atoms with Gasteiger partial charge in [-0.05, 0) is 17.7 Å². The highest BCUT2D eigenvalue weighted by atomic mass is 35.5. The lowest BCUT2D eigenvalue weighted by molar-refractivity contribution is -0.141. The van der Waals surface area contributed by atoms with Crippen molar-refractivity contribution >= 4 is 23.5 Å². The van der Waals surface area contributed by atoms with Gasteiger partial charge in [-0.3, -0.25) is 9.59 Å². The molecular formula is C12H14ClNO3. The van der Waals surface area contributed by atoms with Crippen molar-refractivity contribution in [1.82, 2.24) is 5.32 Å². The molecule has 1 N–H and O–H groups in total. The Morgan fingerprint density at radius 3 is 2.41 bits per heavy atom. The van der Waals surface area contributed by atoms with E-state index in [4.69, 9.17) is 11.6 Å². The highest BCUT2D eigenvalue weighted by Gasteiger charge is 2.17. The number of methoxy groups -OCH3 is 1. The van der Waals surface area contributed by atoms with E-state index in [-0.39, 0.29) is 18.3 Å². The molecule has 0 heterocycles. The molecule has 1 atom stereocenters. The standard InChI is InChI=1S/C12H14ClNO3/c1-8(15)14-11(7-12(16)17-2)9-3-5-10(13)6-4-9/h3-6,11H,7H2,1-2H3,(H,14,15)/t11-/m0/s1. The molecule has 17 heavy (non-hydrogen) atoms. The van der Waals surface area contributed by atoms with Gasteiger partial charge in [-0.2, -0.15) is 0 Å². The third-order valence-corrected chi connectivity index (χ3v) is 2.50. The van der Waals surface area contributed by atoms with Gasteiger partial charge in [0.15, 0.2) is 0 Å². The third kappa shape index (κ3) is 4.44. The summed E-state index contributed by atoms with van der Waals surface area (Å²) >= 11 is 5.78. The Labute approximate surface area is 105 Å². The van der Waals surface area contributed by atoms with Crippen LogP contribution in [-0.4, -0.2) is 19.0 Å². The van der Waals surface area contributed by atoms with Crippen molar-refractivity contribution in [1.29, 1.82) is 0 Å². The van der Waals surface area contributed by atoms with E-state index >= 15 is 0 Å². The van der Waals surface area contributed by atoms with Crippen LogP contribution >= 0.6 is 11.6 Å². The maximum absolute atomic E-state index is 11.2. The Kier molecular flexibility index (Phi) is 4.97. The number of halogens is 1. The van der Waals surface area contributed by atoms with Crippen LogP contribution < -0.4 is 5.32 Å². The molecule has 0 aromatic heterocycles. The van der Waals surface area contributed by atoms with Crippen LogP contribution in [0.15, 0.2) is 24.3 Å². The molecule has 0 aliphatic heterocycles. The Morgan fingerprint density at radius 1 is 1.35 bits per heavy atom. The number of benzene rings is 1. The second-order valence-corrected chi connectivity index (χ2v) is 4.02. The maximum Gasteiger partial charge on any atom is 0.307 e. The molecule has 0 unspecified atom stereocenters. The minimum absolute atomic E-state index is 0.0950. The molecule has 0 fully saturated rings. The zero-order valence-corrected chi connectivity index (χ0v) is 10.5. The molecule has 0 aliphatic carbocycles. The number of amides is 1. The second-order valence-electron chi connectivity index (χ2n) is 3.58. The highest BCUT2D eigenvalue weighted by Crippen LogP contribution is 2.19. The Bertz CT molecular complexity index is 403. The lowest BCUT2D eigenvalue weighted by Gasteiger charge is -2.17. The van der Waals surface area contributed by atoms with Crippen LogP contribution in [0.2, 0.25) is 5.02 Å². The van der Waals surface area contributed by atoms with Crippen LogP contribution in [0.4, 0.5) is 0 Å². The number of nitrogens with one attached hydrogen (secondary N) is 1. The Hall–Kier alpha value is -1.55. The molecule has 0 spiro atoms. The number of esters is 1. The summed E-state index contributed by atoms with van der Waals surface area (Å²) < 4.78 is 4.59. The molecule has 0 saturated carbocycles. The summed E-state index contributed by atoms with van der Waals surface area (Å²) in [4.78, 5) is 22.3. The van der Waals surface area contributed by atoms with E-state index in [1.165, 1.54) is 14.0 Å². The Morgan fingerprint density at radius 2 is 1.94 bits per heavy atom. The van der Waals surface area contributed by atoms with Crippen molar-refractivity contribution in [2.75, 3.05) is 7.11 Å². The van der Waals surface area contributed by atoms with Gasteiger partial charge in [0.05, 0.1) is 19.6 Å². The SMILES string of the molecule is COC(=O)C[C@H](NC(C)=O)c1ccc(Cl)cc1. The van der Waals surface area contributed by atoms with Crippen LogP contribution in [0.3, 0.4) is 0 Å². The third-order valence-electron chi connectivity index (χ3n) is 2.25. The van der Waals surface area contributed by atoms with Crippen LogP contribution in [0.1, 0.15) is 24.9 Å². The van der Waals surface area contributed by atoms with Gasteiger partial charge in [0.2, 0.25) is 5.91 Å². The number of carbonyl (C=O) groups excluding carboxylic acids is 2. The smallest absolute Gasteiger partial charge is 0.307 e. The summed E-state index contributed by atoms with van der Waals surface area (Å²) in [5.41, 5.74) is 0.815. The number of hydrogen-bond donors (Lipinski definition) is 1.